The van der Waals surface area contributed by atoms with Crippen LogP contribution in [0.4, 0.5) is 5.82 Å². The van der Waals surface area contributed by atoms with Gasteiger partial charge in [-0.15, -0.1) is 11.6 Å². The fourth-order valence-corrected chi connectivity index (χ4v) is 1.78. The van der Waals surface area contributed by atoms with Crippen molar-refractivity contribution in [3.05, 3.63) is 36.4 Å². The third-order valence-electron chi connectivity index (χ3n) is 2.55. The molecule has 5 nitrogen and oxygen atoms in total. The molecule has 1 heterocycles. The van der Waals surface area contributed by atoms with E-state index in [4.69, 9.17) is 16.7 Å². The highest BCUT2D eigenvalue weighted by Gasteiger charge is 2.11. The van der Waals surface area contributed by atoms with Crippen LogP contribution in [0, 0.1) is 0 Å². The molecular formula is C13H14ClN3O2. The molecule has 0 atom stereocenters. The Morgan fingerprint density at radius 1 is 1.37 bits per heavy atom. The number of aromatic nitrogens is 2. The number of anilines is 1. The van der Waals surface area contributed by atoms with E-state index in [0.717, 1.165) is 11.3 Å². The van der Waals surface area contributed by atoms with Crippen LogP contribution in [0.3, 0.4) is 0 Å². The van der Waals surface area contributed by atoms with Gasteiger partial charge in [0.2, 0.25) is 5.91 Å². The third kappa shape index (κ3) is 3.33. The Hall–Kier alpha value is -1.85. The maximum atomic E-state index is 11.3. The monoisotopic (exact) mass is 279 g/mol. The summed E-state index contributed by atoms with van der Waals surface area (Å²) in [5.41, 5.74) is 1.68. The summed E-state index contributed by atoms with van der Waals surface area (Å²) in [7, 11) is 0. The minimum absolute atomic E-state index is 0.0559. The predicted molar refractivity (Wildman–Crippen MR) is 74.1 cm³/mol. The fourth-order valence-electron chi connectivity index (χ4n) is 1.71. The number of nitrogens with one attached hydrogen (secondary N) is 1. The smallest absolute Gasteiger partial charge is 0.240 e. The third-order valence-corrected chi connectivity index (χ3v) is 2.79. The van der Waals surface area contributed by atoms with Crippen LogP contribution in [0.1, 0.15) is 0 Å². The molecule has 0 saturated heterocycles. The molecule has 0 spiro atoms. The average Bonchev–Trinajstić information content (AvgIpc) is 2.83. The largest absolute Gasteiger partial charge is 0.394 e. The number of carbonyl (C=O) groups is 1. The zero-order valence-corrected chi connectivity index (χ0v) is 11.0. The second-order valence-electron chi connectivity index (χ2n) is 3.91. The summed E-state index contributed by atoms with van der Waals surface area (Å²) in [4.78, 5) is 11.3. The van der Waals surface area contributed by atoms with Gasteiger partial charge in [0.25, 0.3) is 0 Å². The maximum Gasteiger partial charge on any atom is 0.240 e. The SMILES string of the molecule is O=C(CCl)Nc1cc(-c2ccccc2)nn1CCO. The number of halogens is 1. The van der Waals surface area contributed by atoms with E-state index in [0.29, 0.717) is 12.4 Å². The molecule has 1 aromatic carbocycles. The minimum Gasteiger partial charge on any atom is -0.394 e. The van der Waals surface area contributed by atoms with Crippen molar-refractivity contribution in [3.8, 4) is 11.3 Å². The second-order valence-corrected chi connectivity index (χ2v) is 4.18. The Morgan fingerprint density at radius 2 is 2.11 bits per heavy atom. The fraction of sp³-hybridized carbons (Fsp3) is 0.231. The molecule has 0 bridgehead atoms. The van der Waals surface area contributed by atoms with Crippen LogP contribution in [0.5, 0.6) is 0 Å². The lowest BCUT2D eigenvalue weighted by Gasteiger charge is -2.05. The van der Waals surface area contributed by atoms with Crippen molar-refractivity contribution in [1.29, 1.82) is 0 Å². The van der Waals surface area contributed by atoms with Crippen LogP contribution in [0.25, 0.3) is 11.3 Å². The summed E-state index contributed by atoms with van der Waals surface area (Å²) >= 11 is 5.46. The lowest BCUT2D eigenvalue weighted by Crippen LogP contribution is -2.17. The van der Waals surface area contributed by atoms with Crippen LogP contribution in [-0.4, -0.2) is 33.3 Å². The molecule has 0 radical (unpaired) electrons. The number of hydrogen-bond acceptors (Lipinski definition) is 3. The van der Waals surface area contributed by atoms with E-state index in [1.54, 1.807) is 10.7 Å². The number of carbonyl (C=O) groups excluding carboxylic acids is 1. The number of aliphatic hydroxyl groups excluding tert-OH is 1. The molecule has 0 fully saturated rings. The Morgan fingerprint density at radius 3 is 2.74 bits per heavy atom. The summed E-state index contributed by atoms with van der Waals surface area (Å²) in [5.74, 6) is 0.101. The first kappa shape index (κ1) is 13.6. The van der Waals surface area contributed by atoms with Crippen molar-refractivity contribution in [2.45, 2.75) is 6.54 Å². The van der Waals surface area contributed by atoms with E-state index in [9.17, 15) is 4.79 Å². The molecule has 2 aromatic rings. The van der Waals surface area contributed by atoms with Gasteiger partial charge in [-0.25, -0.2) is 4.68 Å². The van der Waals surface area contributed by atoms with Crippen molar-refractivity contribution in [2.24, 2.45) is 0 Å². The van der Waals surface area contributed by atoms with E-state index in [-0.39, 0.29) is 18.4 Å². The van der Waals surface area contributed by atoms with Gasteiger partial charge in [0.1, 0.15) is 11.7 Å². The van der Waals surface area contributed by atoms with Gasteiger partial charge in [-0.2, -0.15) is 5.10 Å². The van der Waals surface area contributed by atoms with Crippen molar-refractivity contribution in [1.82, 2.24) is 9.78 Å². The van der Waals surface area contributed by atoms with E-state index < -0.39 is 0 Å². The average molecular weight is 280 g/mol. The maximum absolute atomic E-state index is 11.3. The molecule has 0 aliphatic carbocycles. The Kier molecular flexibility index (Phi) is 4.54. The van der Waals surface area contributed by atoms with E-state index in [1.165, 1.54) is 0 Å². The highest BCUT2D eigenvalue weighted by Crippen LogP contribution is 2.21. The van der Waals surface area contributed by atoms with Crippen LogP contribution in [-0.2, 0) is 11.3 Å². The first-order valence-electron chi connectivity index (χ1n) is 5.84. The standard InChI is InChI=1S/C13H14ClN3O2/c14-9-13(19)15-12-8-11(16-17(12)6-7-18)10-4-2-1-3-5-10/h1-5,8,18H,6-7,9H2,(H,15,19). The Labute approximate surface area is 115 Å². The number of aliphatic hydroxyl groups is 1. The van der Waals surface area contributed by atoms with Crippen LogP contribution < -0.4 is 5.32 Å². The predicted octanol–water partition coefficient (Wildman–Crippen LogP) is 1.72. The summed E-state index contributed by atoms with van der Waals surface area (Å²) in [6, 6.07) is 11.4. The summed E-state index contributed by atoms with van der Waals surface area (Å²) in [6.45, 7) is 0.254. The number of rotatable bonds is 5. The number of amides is 1. The Balaban J connectivity index is 2.32. The normalized spacial score (nSPS) is 10.4. The van der Waals surface area contributed by atoms with Crippen molar-refractivity contribution < 1.29 is 9.90 Å². The topological polar surface area (TPSA) is 67.2 Å². The van der Waals surface area contributed by atoms with Crippen LogP contribution >= 0.6 is 11.6 Å². The molecule has 1 amide bonds. The summed E-state index contributed by atoms with van der Waals surface area (Å²) in [5, 5.41) is 16.0. The number of benzene rings is 1. The van der Waals surface area contributed by atoms with Gasteiger partial charge in [-0.05, 0) is 0 Å². The molecule has 0 saturated carbocycles. The second kappa shape index (κ2) is 6.36. The molecule has 100 valence electrons. The van der Waals surface area contributed by atoms with Crippen molar-refractivity contribution in [2.75, 3.05) is 17.8 Å². The van der Waals surface area contributed by atoms with Crippen LogP contribution in [0.15, 0.2) is 36.4 Å². The lowest BCUT2D eigenvalue weighted by atomic mass is 10.2. The summed E-state index contributed by atoms with van der Waals surface area (Å²) in [6.07, 6.45) is 0. The van der Waals surface area contributed by atoms with Gasteiger partial charge >= 0.3 is 0 Å². The first-order valence-corrected chi connectivity index (χ1v) is 6.38. The minimum atomic E-state index is -0.305. The molecule has 0 aliphatic rings. The van der Waals surface area contributed by atoms with Gasteiger partial charge in [-0.1, -0.05) is 30.3 Å². The zero-order valence-electron chi connectivity index (χ0n) is 10.2. The number of nitrogens with zero attached hydrogens (tertiary/aromatic N) is 2. The molecule has 2 N–H and O–H groups in total. The first-order chi connectivity index (χ1) is 9.24. The zero-order chi connectivity index (χ0) is 13.7. The van der Waals surface area contributed by atoms with Gasteiger partial charge in [-0.3, -0.25) is 4.79 Å². The molecule has 2 rings (SSSR count). The van der Waals surface area contributed by atoms with Crippen molar-refractivity contribution >= 4 is 23.3 Å². The van der Waals surface area contributed by atoms with E-state index >= 15 is 0 Å². The molecule has 0 unspecified atom stereocenters. The van der Waals surface area contributed by atoms with Crippen LogP contribution in [0.2, 0.25) is 0 Å². The number of alkyl halides is 1. The quantitative estimate of drug-likeness (QED) is 0.819. The van der Waals surface area contributed by atoms with Gasteiger partial charge in [0, 0.05) is 11.6 Å². The summed E-state index contributed by atoms with van der Waals surface area (Å²) < 4.78 is 1.55. The van der Waals surface area contributed by atoms with Gasteiger partial charge < -0.3 is 10.4 Å². The number of hydrogen-bond donors (Lipinski definition) is 2. The highest BCUT2D eigenvalue weighted by molar-refractivity contribution is 6.29. The Bertz CT molecular complexity index is 554. The molecule has 6 heteroatoms. The van der Waals surface area contributed by atoms with Gasteiger partial charge in [0.05, 0.1) is 18.8 Å². The van der Waals surface area contributed by atoms with E-state index in [2.05, 4.69) is 10.4 Å². The molecule has 19 heavy (non-hydrogen) atoms. The molecule has 1 aromatic heterocycles. The lowest BCUT2D eigenvalue weighted by molar-refractivity contribution is -0.114. The van der Waals surface area contributed by atoms with Crippen molar-refractivity contribution in [3.63, 3.8) is 0 Å². The van der Waals surface area contributed by atoms with Gasteiger partial charge in [0.15, 0.2) is 0 Å². The highest BCUT2D eigenvalue weighted by atomic mass is 35.5. The molecular weight excluding hydrogens is 266 g/mol. The van der Waals surface area contributed by atoms with E-state index in [1.807, 2.05) is 30.3 Å². The molecule has 0 aliphatic heterocycles.